The van der Waals surface area contributed by atoms with Crippen LogP contribution in [0.1, 0.15) is 0 Å². The molecule has 11 heavy (non-hydrogen) atoms. The third-order valence-electron chi connectivity index (χ3n) is 1.02. The molecule has 0 aliphatic heterocycles. The van der Waals surface area contributed by atoms with Crippen molar-refractivity contribution in [1.82, 2.24) is 0 Å². The summed E-state index contributed by atoms with van der Waals surface area (Å²) >= 11 is 3.64. The van der Waals surface area contributed by atoms with Gasteiger partial charge in [-0.15, -0.1) is 0 Å². The number of hydrogen-bond donors (Lipinski definition) is 1. The smallest absolute Gasteiger partial charge is 0.302 e. The van der Waals surface area contributed by atoms with Crippen LogP contribution in [0.5, 0.6) is 0 Å². The van der Waals surface area contributed by atoms with Crippen molar-refractivity contribution in [2.75, 3.05) is 0 Å². The molecule has 0 bridgehead atoms. The predicted octanol–water partition coefficient (Wildman–Crippen LogP) is -1.08. The molecule has 1 unspecified atom stereocenters. The van der Waals surface area contributed by atoms with Gasteiger partial charge >= 0.3 is 29.6 Å². The van der Waals surface area contributed by atoms with Crippen LogP contribution >= 0.6 is 11.6 Å². The standard InChI is InChI=1S/C6H5ClO2S.Na/c7-5-1-3-6(4-2-5)10(8)9;/h1-4H,(H,8,9);/q;+1. The summed E-state index contributed by atoms with van der Waals surface area (Å²) in [7, 11) is 0. The van der Waals surface area contributed by atoms with E-state index in [1.807, 2.05) is 0 Å². The molecule has 2 nitrogen and oxygen atoms in total. The van der Waals surface area contributed by atoms with Crippen LogP contribution in [0.15, 0.2) is 29.2 Å². The Kier molecular flexibility index (Phi) is 5.60. The van der Waals surface area contributed by atoms with Gasteiger partial charge in [-0.25, -0.2) is 4.21 Å². The third-order valence-corrected chi connectivity index (χ3v) is 1.94. The first-order chi connectivity index (χ1) is 4.70. The molecule has 1 aromatic carbocycles. The van der Waals surface area contributed by atoms with Crippen molar-refractivity contribution in [2.24, 2.45) is 0 Å². The number of hydrogen-bond acceptors (Lipinski definition) is 1. The summed E-state index contributed by atoms with van der Waals surface area (Å²) in [4.78, 5) is 0.365. The van der Waals surface area contributed by atoms with Crippen molar-refractivity contribution in [1.29, 1.82) is 0 Å². The van der Waals surface area contributed by atoms with E-state index >= 15 is 0 Å². The summed E-state index contributed by atoms with van der Waals surface area (Å²) in [6.45, 7) is 0. The first-order valence-corrected chi connectivity index (χ1v) is 4.05. The van der Waals surface area contributed by atoms with Crippen molar-refractivity contribution in [3.63, 3.8) is 0 Å². The zero-order chi connectivity index (χ0) is 7.56. The first kappa shape index (κ1) is 11.6. The minimum Gasteiger partial charge on any atom is -0.302 e. The van der Waals surface area contributed by atoms with Crippen LogP contribution in [0, 0.1) is 0 Å². The largest absolute Gasteiger partial charge is 1.00 e. The molecule has 0 saturated heterocycles. The summed E-state index contributed by atoms with van der Waals surface area (Å²) in [5, 5.41) is 0.564. The van der Waals surface area contributed by atoms with E-state index in [2.05, 4.69) is 0 Å². The van der Waals surface area contributed by atoms with Gasteiger partial charge < -0.3 is 4.55 Å². The fourth-order valence-corrected chi connectivity index (χ4v) is 1.05. The molecular weight excluding hydrogens is 195 g/mol. The van der Waals surface area contributed by atoms with Gasteiger partial charge in [0, 0.05) is 5.02 Å². The Bertz CT molecular complexity index is 249. The Labute approximate surface area is 94.5 Å². The summed E-state index contributed by atoms with van der Waals surface area (Å²) in [5.74, 6) is 0. The van der Waals surface area contributed by atoms with Crippen LogP contribution in [0.2, 0.25) is 5.02 Å². The van der Waals surface area contributed by atoms with E-state index in [1.54, 1.807) is 12.1 Å². The normalized spacial score (nSPS) is 11.8. The molecule has 0 heterocycles. The van der Waals surface area contributed by atoms with Crippen LogP contribution in [0.3, 0.4) is 0 Å². The van der Waals surface area contributed by atoms with E-state index in [0.717, 1.165) is 0 Å². The Balaban J connectivity index is 0.000001000. The van der Waals surface area contributed by atoms with E-state index in [-0.39, 0.29) is 29.6 Å². The SMILES string of the molecule is O=S(O)c1ccc(Cl)cc1.[Na+]. The van der Waals surface area contributed by atoms with E-state index in [1.165, 1.54) is 12.1 Å². The average molecular weight is 200 g/mol. The zero-order valence-electron chi connectivity index (χ0n) is 5.95. The average Bonchev–Trinajstić information content (AvgIpc) is 1.88. The topological polar surface area (TPSA) is 37.3 Å². The molecule has 54 valence electrons. The van der Waals surface area contributed by atoms with Gasteiger partial charge in [-0.1, -0.05) is 11.6 Å². The fourth-order valence-electron chi connectivity index (χ4n) is 0.551. The first-order valence-electron chi connectivity index (χ1n) is 2.56. The summed E-state index contributed by atoms with van der Waals surface area (Å²) in [6.07, 6.45) is 0. The minimum absolute atomic E-state index is 0. The predicted molar refractivity (Wildman–Crippen MR) is 40.5 cm³/mol. The molecule has 0 aliphatic rings. The van der Waals surface area contributed by atoms with Gasteiger partial charge in [0.25, 0.3) is 0 Å². The van der Waals surface area contributed by atoms with Crippen LogP contribution < -0.4 is 29.6 Å². The van der Waals surface area contributed by atoms with Gasteiger partial charge in [0.1, 0.15) is 0 Å². The monoisotopic (exact) mass is 199 g/mol. The van der Waals surface area contributed by atoms with Gasteiger partial charge in [0.2, 0.25) is 0 Å². The van der Waals surface area contributed by atoms with Crippen molar-refractivity contribution in [2.45, 2.75) is 4.90 Å². The molecule has 0 aliphatic carbocycles. The number of benzene rings is 1. The van der Waals surface area contributed by atoms with Gasteiger partial charge in [-0.2, -0.15) is 0 Å². The number of rotatable bonds is 1. The fraction of sp³-hybridized carbons (Fsp3) is 0. The molecule has 1 rings (SSSR count). The Morgan fingerprint density at radius 1 is 1.27 bits per heavy atom. The minimum atomic E-state index is -1.90. The van der Waals surface area contributed by atoms with Gasteiger partial charge in [0.15, 0.2) is 11.1 Å². The molecule has 0 saturated carbocycles. The van der Waals surface area contributed by atoms with Gasteiger partial charge in [0.05, 0.1) is 4.90 Å². The maximum absolute atomic E-state index is 10.4. The summed E-state index contributed by atoms with van der Waals surface area (Å²) < 4.78 is 18.9. The Morgan fingerprint density at radius 2 is 1.73 bits per heavy atom. The molecule has 1 aromatic rings. The zero-order valence-corrected chi connectivity index (χ0v) is 9.52. The number of halogens is 1. The summed E-state index contributed by atoms with van der Waals surface area (Å²) in [5.41, 5.74) is 0. The molecule has 1 N–H and O–H groups in total. The quantitative estimate of drug-likeness (QED) is 0.462. The molecule has 0 aromatic heterocycles. The molecule has 0 radical (unpaired) electrons. The Hall–Kier alpha value is 0.620. The molecule has 1 atom stereocenters. The van der Waals surface area contributed by atoms with Crippen molar-refractivity contribution in [3.05, 3.63) is 29.3 Å². The van der Waals surface area contributed by atoms with E-state index < -0.39 is 11.1 Å². The second kappa shape index (κ2) is 5.30. The Morgan fingerprint density at radius 3 is 2.09 bits per heavy atom. The molecule has 0 amide bonds. The second-order valence-corrected chi connectivity index (χ2v) is 3.11. The van der Waals surface area contributed by atoms with Gasteiger partial charge in [-0.3, -0.25) is 0 Å². The van der Waals surface area contributed by atoms with Crippen LogP contribution in [-0.4, -0.2) is 8.76 Å². The van der Waals surface area contributed by atoms with Crippen molar-refractivity contribution >= 4 is 22.7 Å². The van der Waals surface area contributed by atoms with Crippen molar-refractivity contribution < 1.29 is 38.3 Å². The van der Waals surface area contributed by atoms with E-state index in [0.29, 0.717) is 9.92 Å². The molecule has 0 spiro atoms. The van der Waals surface area contributed by atoms with Crippen molar-refractivity contribution in [3.8, 4) is 0 Å². The second-order valence-electron chi connectivity index (χ2n) is 1.70. The molecule has 5 heteroatoms. The van der Waals surface area contributed by atoms with E-state index in [9.17, 15) is 4.21 Å². The van der Waals surface area contributed by atoms with Crippen LogP contribution in [-0.2, 0) is 11.1 Å². The maximum atomic E-state index is 10.4. The van der Waals surface area contributed by atoms with Crippen LogP contribution in [0.25, 0.3) is 0 Å². The molecular formula is C6H5ClNaO2S+. The van der Waals surface area contributed by atoms with E-state index in [4.69, 9.17) is 16.2 Å². The molecule has 0 fully saturated rings. The van der Waals surface area contributed by atoms with Crippen LogP contribution in [0.4, 0.5) is 0 Å². The summed E-state index contributed by atoms with van der Waals surface area (Å²) in [6, 6.07) is 6.17. The maximum Gasteiger partial charge on any atom is 1.00 e. The third kappa shape index (κ3) is 3.69. The van der Waals surface area contributed by atoms with Gasteiger partial charge in [-0.05, 0) is 24.3 Å².